The molecule has 3 aromatic rings. The number of benzene rings is 1. The van der Waals surface area contributed by atoms with Gasteiger partial charge in [0, 0.05) is 54.7 Å². The van der Waals surface area contributed by atoms with Crippen molar-refractivity contribution in [3.8, 4) is 11.3 Å². The van der Waals surface area contributed by atoms with Crippen molar-refractivity contribution in [2.24, 2.45) is 0 Å². The lowest BCUT2D eigenvalue weighted by molar-refractivity contribution is 0.183. The third-order valence-electron chi connectivity index (χ3n) is 5.72. The summed E-state index contributed by atoms with van der Waals surface area (Å²) in [5.74, 6) is 0. The van der Waals surface area contributed by atoms with E-state index in [2.05, 4.69) is 46.9 Å². The summed E-state index contributed by atoms with van der Waals surface area (Å²) in [6.45, 7) is 16.7. The van der Waals surface area contributed by atoms with Crippen LogP contribution in [0.4, 0.5) is 0 Å². The second kappa shape index (κ2) is 11.3. The summed E-state index contributed by atoms with van der Waals surface area (Å²) in [5, 5.41) is 1.64. The van der Waals surface area contributed by atoms with Crippen molar-refractivity contribution in [2.75, 3.05) is 33.2 Å². The van der Waals surface area contributed by atoms with Crippen molar-refractivity contribution in [2.45, 2.75) is 26.7 Å². The van der Waals surface area contributed by atoms with E-state index in [1.54, 1.807) is 6.08 Å². The molecular formula is C27H33ClN4. The first-order valence-corrected chi connectivity index (χ1v) is 11.6. The van der Waals surface area contributed by atoms with Crippen molar-refractivity contribution >= 4 is 28.6 Å². The molecule has 4 nitrogen and oxygen atoms in total. The molecule has 168 valence electrons. The van der Waals surface area contributed by atoms with Gasteiger partial charge in [-0.25, -0.2) is 4.98 Å². The molecule has 4 rings (SSSR count). The van der Waals surface area contributed by atoms with Crippen LogP contribution >= 0.6 is 11.6 Å². The molecular weight excluding hydrogens is 416 g/mol. The van der Waals surface area contributed by atoms with Crippen LogP contribution in [0.3, 0.4) is 0 Å². The molecule has 0 N–H and O–H groups in total. The Morgan fingerprint density at radius 1 is 1.12 bits per heavy atom. The first-order valence-electron chi connectivity index (χ1n) is 11.2. The maximum absolute atomic E-state index is 6.35. The minimum atomic E-state index is 0.696. The topological polar surface area (TPSA) is 32.3 Å². The summed E-state index contributed by atoms with van der Waals surface area (Å²) in [5.41, 5.74) is 5.99. The van der Waals surface area contributed by atoms with Crippen LogP contribution in [-0.4, -0.2) is 53.0 Å². The molecule has 0 spiro atoms. The van der Waals surface area contributed by atoms with Crippen LogP contribution in [0.15, 0.2) is 61.4 Å². The van der Waals surface area contributed by atoms with Crippen LogP contribution in [-0.2, 0) is 0 Å². The van der Waals surface area contributed by atoms with E-state index in [1.165, 1.54) is 25.2 Å². The molecule has 0 saturated carbocycles. The number of hydrogen-bond acceptors (Lipinski definition) is 4. The highest BCUT2D eigenvalue weighted by molar-refractivity contribution is 6.35. The van der Waals surface area contributed by atoms with E-state index >= 15 is 0 Å². The van der Waals surface area contributed by atoms with Gasteiger partial charge in [-0.3, -0.25) is 4.98 Å². The zero-order valence-corrected chi connectivity index (χ0v) is 20.2. The van der Waals surface area contributed by atoms with Crippen LogP contribution in [0.5, 0.6) is 0 Å². The molecule has 1 fully saturated rings. The van der Waals surface area contributed by atoms with Gasteiger partial charge in [0.15, 0.2) is 0 Å². The fourth-order valence-corrected chi connectivity index (χ4v) is 3.93. The van der Waals surface area contributed by atoms with Gasteiger partial charge in [-0.2, -0.15) is 0 Å². The molecule has 1 aliphatic rings. The number of nitrogens with zero attached hydrogens (tertiary/aromatic N) is 4. The lowest BCUT2D eigenvalue weighted by Gasteiger charge is -2.35. The number of aromatic nitrogens is 2. The molecule has 1 saturated heterocycles. The Morgan fingerprint density at radius 2 is 1.88 bits per heavy atom. The summed E-state index contributed by atoms with van der Waals surface area (Å²) in [7, 11) is 2.18. The minimum Gasteiger partial charge on any atom is -0.373 e. The maximum Gasteiger partial charge on any atom is 0.0740 e. The quantitative estimate of drug-likeness (QED) is 0.449. The van der Waals surface area contributed by atoms with Crippen molar-refractivity contribution in [3.05, 3.63) is 77.7 Å². The third-order valence-corrected chi connectivity index (χ3v) is 6.03. The average Bonchev–Trinajstić information content (AvgIpc) is 2.80. The van der Waals surface area contributed by atoms with Crippen molar-refractivity contribution < 1.29 is 0 Å². The molecule has 0 radical (unpaired) electrons. The van der Waals surface area contributed by atoms with Crippen LogP contribution in [0.1, 0.15) is 31.0 Å². The summed E-state index contributed by atoms with van der Waals surface area (Å²) in [6.07, 6.45) is 5.99. The number of rotatable bonds is 5. The summed E-state index contributed by atoms with van der Waals surface area (Å²) < 4.78 is 0. The molecule has 0 bridgehead atoms. The normalized spacial score (nSPS) is 14.1. The van der Waals surface area contributed by atoms with E-state index < -0.39 is 0 Å². The zero-order chi connectivity index (χ0) is 23.1. The van der Waals surface area contributed by atoms with E-state index in [0.717, 1.165) is 52.9 Å². The van der Waals surface area contributed by atoms with E-state index in [4.69, 9.17) is 11.6 Å². The lowest BCUT2D eigenvalue weighted by Crippen LogP contribution is -2.43. The number of allylic oxidation sites excluding steroid dienone is 1. The third kappa shape index (κ3) is 6.18. The molecule has 2 aromatic heterocycles. The Hall–Kier alpha value is -2.69. The monoisotopic (exact) mass is 448 g/mol. The van der Waals surface area contributed by atoms with Crippen molar-refractivity contribution in [1.29, 1.82) is 0 Å². The molecule has 32 heavy (non-hydrogen) atoms. The largest absolute Gasteiger partial charge is 0.373 e. The molecule has 0 unspecified atom stereocenters. The molecule has 0 atom stereocenters. The predicted molar refractivity (Wildman–Crippen MR) is 138 cm³/mol. The van der Waals surface area contributed by atoms with E-state index in [1.807, 2.05) is 49.5 Å². The standard InChI is InChI=1S/C17H13ClN2.C10H20N2/c1-3-12-5-7-14-15(18)9-16(20-17(14)8-12)13-6-4-11(2)19-10-13;1-4-5-10(2)12-8-6-11(3)7-9-12/h3-10H,1H2,2H3;2,4-9H2,1,3H3. The molecule has 3 heterocycles. The highest BCUT2D eigenvalue weighted by Gasteiger charge is 2.13. The van der Waals surface area contributed by atoms with Gasteiger partial charge >= 0.3 is 0 Å². The molecule has 0 amide bonds. The van der Waals surface area contributed by atoms with Gasteiger partial charge in [-0.15, -0.1) is 0 Å². The number of aryl methyl sites for hydroxylation is 1. The average molecular weight is 449 g/mol. The summed E-state index contributed by atoms with van der Waals surface area (Å²) >= 11 is 6.35. The first-order chi connectivity index (χ1) is 15.4. The Morgan fingerprint density at radius 3 is 2.50 bits per heavy atom. The van der Waals surface area contributed by atoms with Crippen LogP contribution in [0.25, 0.3) is 28.2 Å². The van der Waals surface area contributed by atoms with Crippen molar-refractivity contribution in [1.82, 2.24) is 19.8 Å². The Kier molecular flexibility index (Phi) is 8.43. The second-order valence-electron chi connectivity index (χ2n) is 8.26. The number of fused-ring (bicyclic) bond motifs is 1. The van der Waals surface area contributed by atoms with Crippen molar-refractivity contribution in [3.63, 3.8) is 0 Å². The predicted octanol–water partition coefficient (Wildman–Crippen LogP) is 6.45. The van der Waals surface area contributed by atoms with Crippen LogP contribution in [0.2, 0.25) is 5.02 Å². The van der Waals surface area contributed by atoms with E-state index in [0.29, 0.717) is 5.02 Å². The summed E-state index contributed by atoms with van der Waals surface area (Å²) in [6, 6.07) is 11.8. The summed E-state index contributed by atoms with van der Waals surface area (Å²) in [4.78, 5) is 13.8. The smallest absolute Gasteiger partial charge is 0.0740 e. The number of halogens is 1. The van der Waals surface area contributed by atoms with Gasteiger partial charge in [0.1, 0.15) is 0 Å². The lowest BCUT2D eigenvalue weighted by atomic mass is 10.1. The number of piperazine rings is 1. The number of hydrogen-bond donors (Lipinski definition) is 0. The molecule has 5 heteroatoms. The fourth-order valence-electron chi connectivity index (χ4n) is 3.67. The molecule has 1 aromatic carbocycles. The van der Waals surface area contributed by atoms with Gasteiger partial charge in [-0.1, -0.05) is 56.3 Å². The molecule has 0 aliphatic carbocycles. The Balaban J connectivity index is 0.000000207. The van der Waals surface area contributed by atoms with Gasteiger partial charge in [0.05, 0.1) is 16.2 Å². The minimum absolute atomic E-state index is 0.696. The highest BCUT2D eigenvalue weighted by atomic mass is 35.5. The Bertz CT molecular complexity index is 1070. The van der Waals surface area contributed by atoms with Crippen LogP contribution < -0.4 is 0 Å². The Labute approximate surface area is 197 Å². The number of likely N-dealkylation sites (N-methyl/N-ethyl adjacent to an activating group) is 1. The molecule has 1 aliphatic heterocycles. The van der Waals surface area contributed by atoms with Gasteiger partial charge in [0.25, 0.3) is 0 Å². The van der Waals surface area contributed by atoms with Crippen LogP contribution in [0, 0.1) is 6.92 Å². The maximum atomic E-state index is 6.35. The number of pyridine rings is 2. The zero-order valence-electron chi connectivity index (χ0n) is 19.4. The SMILES string of the molecule is C=C(CCC)N1CCN(C)CC1.C=Cc1ccc2c(Cl)cc(-c3ccc(C)nc3)nc2c1. The fraction of sp³-hybridized carbons (Fsp3) is 0.333. The van der Waals surface area contributed by atoms with E-state index in [-0.39, 0.29) is 0 Å². The van der Waals surface area contributed by atoms with Gasteiger partial charge < -0.3 is 9.80 Å². The highest BCUT2D eigenvalue weighted by Crippen LogP contribution is 2.28. The first kappa shape index (κ1) is 24.0. The second-order valence-corrected chi connectivity index (χ2v) is 8.67. The van der Waals surface area contributed by atoms with Gasteiger partial charge in [0.2, 0.25) is 0 Å². The van der Waals surface area contributed by atoms with E-state index in [9.17, 15) is 0 Å². The van der Waals surface area contributed by atoms with Gasteiger partial charge in [-0.05, 0) is 50.2 Å².